The minimum Gasteiger partial charge on any atom is -0.465 e. The minimum atomic E-state index is -0.831. The molecule has 0 aliphatic heterocycles. The zero-order chi connectivity index (χ0) is 9.72. The number of ether oxygens (including phenoxy) is 1. The van der Waals surface area contributed by atoms with Crippen molar-refractivity contribution in [3.63, 3.8) is 0 Å². The number of carbonyl (C=O) groups is 2. The molecular formula is C8H15NO3. The van der Waals surface area contributed by atoms with Crippen LogP contribution in [-0.4, -0.2) is 24.4 Å². The topological polar surface area (TPSA) is 69.4 Å². The van der Waals surface area contributed by atoms with Crippen molar-refractivity contribution in [2.45, 2.75) is 26.8 Å². The summed E-state index contributed by atoms with van der Waals surface area (Å²) in [5.74, 6) is -1.08. The van der Waals surface area contributed by atoms with Crippen LogP contribution in [0.2, 0.25) is 0 Å². The van der Waals surface area contributed by atoms with Crippen molar-refractivity contribution in [1.29, 1.82) is 0 Å². The Morgan fingerprint density at radius 1 is 1.50 bits per heavy atom. The second kappa shape index (κ2) is 4.87. The number of Topliss-reactive ketones (excluding diaryl/α,β-unsaturated/α-hetero) is 1. The summed E-state index contributed by atoms with van der Waals surface area (Å²) in [6, 6.07) is -0.831. The lowest BCUT2D eigenvalue weighted by Gasteiger charge is -2.14. The fraction of sp³-hybridized carbons (Fsp3) is 0.750. The molecule has 0 amide bonds. The third-order valence-corrected chi connectivity index (χ3v) is 1.74. The van der Waals surface area contributed by atoms with Crippen LogP contribution in [0.25, 0.3) is 0 Å². The summed E-state index contributed by atoms with van der Waals surface area (Å²) in [6.07, 6.45) is 0. The van der Waals surface area contributed by atoms with Crippen LogP contribution in [0, 0.1) is 5.92 Å². The van der Waals surface area contributed by atoms with Gasteiger partial charge >= 0.3 is 5.97 Å². The molecule has 0 fully saturated rings. The molecule has 0 aliphatic rings. The SMILES string of the molecule is CCOC(=O)[C@@H](N)[C@@H](C)C(C)=O. The van der Waals surface area contributed by atoms with E-state index in [0.717, 1.165) is 0 Å². The number of esters is 1. The number of hydrogen-bond donors (Lipinski definition) is 1. The van der Waals surface area contributed by atoms with Crippen molar-refractivity contribution >= 4 is 11.8 Å². The minimum absolute atomic E-state index is 0.101. The smallest absolute Gasteiger partial charge is 0.323 e. The molecule has 0 aliphatic carbocycles. The van der Waals surface area contributed by atoms with Gasteiger partial charge in [-0.05, 0) is 13.8 Å². The average molecular weight is 173 g/mol. The van der Waals surface area contributed by atoms with E-state index in [0.29, 0.717) is 0 Å². The molecule has 0 aromatic carbocycles. The van der Waals surface area contributed by atoms with Crippen LogP contribution in [0.3, 0.4) is 0 Å². The summed E-state index contributed by atoms with van der Waals surface area (Å²) in [6.45, 7) is 5.01. The van der Waals surface area contributed by atoms with Crippen LogP contribution >= 0.6 is 0 Å². The highest BCUT2D eigenvalue weighted by atomic mass is 16.5. The van der Waals surface area contributed by atoms with Gasteiger partial charge in [0.1, 0.15) is 11.8 Å². The first-order chi connectivity index (χ1) is 5.50. The highest BCUT2D eigenvalue weighted by Gasteiger charge is 2.24. The monoisotopic (exact) mass is 173 g/mol. The van der Waals surface area contributed by atoms with Crippen molar-refractivity contribution in [2.75, 3.05) is 6.61 Å². The van der Waals surface area contributed by atoms with Gasteiger partial charge in [-0.15, -0.1) is 0 Å². The first kappa shape index (κ1) is 11.1. The predicted molar refractivity (Wildman–Crippen MR) is 44.5 cm³/mol. The van der Waals surface area contributed by atoms with Crippen LogP contribution in [-0.2, 0) is 14.3 Å². The molecule has 0 unspecified atom stereocenters. The van der Waals surface area contributed by atoms with Crippen molar-refractivity contribution in [2.24, 2.45) is 11.7 Å². The Kier molecular flexibility index (Phi) is 4.51. The Bertz CT molecular complexity index is 179. The fourth-order valence-corrected chi connectivity index (χ4v) is 0.695. The number of ketones is 1. The standard InChI is InChI=1S/C8H15NO3/c1-4-12-8(11)7(9)5(2)6(3)10/h5,7H,4,9H2,1-3H3/t5-,7-/m0/s1. The lowest BCUT2D eigenvalue weighted by molar-refractivity contribution is -0.147. The molecule has 0 heterocycles. The first-order valence-corrected chi connectivity index (χ1v) is 3.93. The van der Waals surface area contributed by atoms with E-state index in [1.54, 1.807) is 13.8 Å². The number of hydrogen-bond acceptors (Lipinski definition) is 4. The molecule has 0 aromatic heterocycles. The average Bonchev–Trinajstić information content (AvgIpc) is 2.02. The molecule has 2 N–H and O–H groups in total. The van der Waals surface area contributed by atoms with Gasteiger partial charge in [0.2, 0.25) is 0 Å². The zero-order valence-corrected chi connectivity index (χ0v) is 7.66. The third kappa shape index (κ3) is 3.00. The molecule has 70 valence electrons. The fourth-order valence-electron chi connectivity index (χ4n) is 0.695. The molecule has 12 heavy (non-hydrogen) atoms. The van der Waals surface area contributed by atoms with Gasteiger partial charge in [0.05, 0.1) is 6.61 Å². The van der Waals surface area contributed by atoms with Gasteiger partial charge in [0.15, 0.2) is 0 Å². The van der Waals surface area contributed by atoms with Gasteiger partial charge in [0.25, 0.3) is 0 Å². The third-order valence-electron chi connectivity index (χ3n) is 1.74. The van der Waals surface area contributed by atoms with Crippen molar-refractivity contribution in [3.8, 4) is 0 Å². The molecule has 4 heteroatoms. The van der Waals surface area contributed by atoms with E-state index in [-0.39, 0.29) is 12.4 Å². The summed E-state index contributed by atoms with van der Waals surface area (Å²) in [5.41, 5.74) is 5.45. The summed E-state index contributed by atoms with van der Waals surface area (Å²) < 4.78 is 4.66. The molecule has 2 atom stereocenters. The predicted octanol–water partition coefficient (Wildman–Crippen LogP) is 0.102. The largest absolute Gasteiger partial charge is 0.465 e. The molecule has 0 radical (unpaired) electrons. The van der Waals surface area contributed by atoms with Crippen molar-refractivity contribution in [1.82, 2.24) is 0 Å². The lowest BCUT2D eigenvalue weighted by atomic mass is 9.99. The molecule has 0 saturated heterocycles. The maximum Gasteiger partial charge on any atom is 0.323 e. The molecule has 0 bridgehead atoms. The van der Waals surface area contributed by atoms with Crippen LogP contribution < -0.4 is 5.73 Å². The Morgan fingerprint density at radius 3 is 2.33 bits per heavy atom. The van der Waals surface area contributed by atoms with E-state index in [1.165, 1.54) is 6.92 Å². The Balaban J connectivity index is 4.09. The highest BCUT2D eigenvalue weighted by Crippen LogP contribution is 2.03. The Hall–Kier alpha value is -0.900. The molecule has 0 saturated carbocycles. The van der Waals surface area contributed by atoms with Gasteiger partial charge < -0.3 is 10.5 Å². The van der Waals surface area contributed by atoms with E-state index in [1.807, 2.05) is 0 Å². The first-order valence-electron chi connectivity index (χ1n) is 3.93. The molecular weight excluding hydrogens is 158 g/mol. The van der Waals surface area contributed by atoms with E-state index >= 15 is 0 Å². The van der Waals surface area contributed by atoms with E-state index < -0.39 is 17.9 Å². The Labute approximate surface area is 72.1 Å². The van der Waals surface area contributed by atoms with Gasteiger partial charge in [-0.2, -0.15) is 0 Å². The summed E-state index contributed by atoms with van der Waals surface area (Å²) >= 11 is 0. The molecule has 0 spiro atoms. The second-order valence-corrected chi connectivity index (χ2v) is 2.68. The molecule has 0 rings (SSSR count). The van der Waals surface area contributed by atoms with Gasteiger partial charge in [-0.3, -0.25) is 9.59 Å². The molecule has 0 aromatic rings. The normalized spacial score (nSPS) is 15.0. The van der Waals surface area contributed by atoms with Crippen molar-refractivity contribution in [3.05, 3.63) is 0 Å². The quantitative estimate of drug-likeness (QED) is 0.612. The number of nitrogens with two attached hydrogens (primary N) is 1. The molecule has 4 nitrogen and oxygen atoms in total. The van der Waals surface area contributed by atoms with Crippen molar-refractivity contribution < 1.29 is 14.3 Å². The summed E-state index contributed by atoms with van der Waals surface area (Å²) in [7, 11) is 0. The van der Waals surface area contributed by atoms with Gasteiger partial charge in [0, 0.05) is 5.92 Å². The highest BCUT2D eigenvalue weighted by molar-refractivity contribution is 5.86. The van der Waals surface area contributed by atoms with Crippen LogP contribution in [0.15, 0.2) is 0 Å². The number of rotatable bonds is 4. The Morgan fingerprint density at radius 2 is 2.00 bits per heavy atom. The second-order valence-electron chi connectivity index (χ2n) is 2.68. The van der Waals surface area contributed by atoms with E-state index in [4.69, 9.17) is 5.73 Å². The van der Waals surface area contributed by atoms with Crippen LogP contribution in [0.4, 0.5) is 0 Å². The van der Waals surface area contributed by atoms with E-state index in [9.17, 15) is 9.59 Å². The maximum absolute atomic E-state index is 11.0. The summed E-state index contributed by atoms with van der Waals surface area (Å²) in [4.78, 5) is 21.8. The van der Waals surface area contributed by atoms with Crippen LogP contribution in [0.1, 0.15) is 20.8 Å². The van der Waals surface area contributed by atoms with Gasteiger partial charge in [-0.1, -0.05) is 6.92 Å². The van der Waals surface area contributed by atoms with E-state index in [2.05, 4.69) is 4.74 Å². The van der Waals surface area contributed by atoms with Gasteiger partial charge in [-0.25, -0.2) is 0 Å². The zero-order valence-electron chi connectivity index (χ0n) is 7.66. The summed E-state index contributed by atoms with van der Waals surface area (Å²) in [5, 5.41) is 0. The maximum atomic E-state index is 11.0. The number of carbonyl (C=O) groups excluding carboxylic acids is 2. The van der Waals surface area contributed by atoms with Crippen LogP contribution in [0.5, 0.6) is 0 Å². The lowest BCUT2D eigenvalue weighted by Crippen LogP contribution is -2.41.